The molecular weight excluding hydrogens is 352 g/mol. The third-order valence-electron chi connectivity index (χ3n) is 6.38. The lowest BCUT2D eigenvalue weighted by atomic mass is 10.1. The Morgan fingerprint density at radius 2 is 1.89 bits per heavy atom. The molecule has 1 saturated heterocycles. The number of carbonyl (C=O) groups is 2. The molecule has 1 unspecified atom stereocenters. The van der Waals surface area contributed by atoms with Crippen molar-refractivity contribution in [3.63, 3.8) is 0 Å². The fourth-order valence-corrected chi connectivity index (χ4v) is 4.86. The molecule has 1 atom stereocenters. The van der Waals surface area contributed by atoms with Gasteiger partial charge in [-0.25, -0.2) is 4.98 Å². The van der Waals surface area contributed by atoms with Crippen LogP contribution < -0.4 is 0 Å². The highest BCUT2D eigenvalue weighted by atomic mass is 16.2. The van der Waals surface area contributed by atoms with Crippen LogP contribution in [0.1, 0.15) is 57.7 Å². The van der Waals surface area contributed by atoms with Crippen LogP contribution in [0.15, 0.2) is 24.3 Å². The number of likely N-dealkylation sites (tertiary alicyclic amines) is 1. The van der Waals surface area contributed by atoms with Crippen LogP contribution in [0.5, 0.6) is 0 Å². The molecule has 1 aromatic heterocycles. The fourth-order valence-electron chi connectivity index (χ4n) is 4.86. The lowest BCUT2D eigenvalue weighted by Gasteiger charge is -2.24. The molecule has 0 radical (unpaired) electrons. The summed E-state index contributed by atoms with van der Waals surface area (Å²) < 4.78 is 2.05. The van der Waals surface area contributed by atoms with Crippen LogP contribution in [0.4, 0.5) is 0 Å². The van der Waals surface area contributed by atoms with E-state index in [1.807, 2.05) is 47.6 Å². The Bertz CT molecular complexity index is 865. The summed E-state index contributed by atoms with van der Waals surface area (Å²) in [5, 5.41) is 0. The molecule has 28 heavy (non-hydrogen) atoms. The minimum atomic E-state index is 0.0602. The van der Waals surface area contributed by atoms with Gasteiger partial charge in [0.15, 0.2) is 0 Å². The van der Waals surface area contributed by atoms with E-state index in [1.54, 1.807) is 0 Å². The molecule has 1 aliphatic carbocycles. The molecule has 2 aromatic rings. The van der Waals surface area contributed by atoms with E-state index in [2.05, 4.69) is 4.90 Å². The van der Waals surface area contributed by atoms with E-state index in [9.17, 15) is 9.59 Å². The zero-order valence-electron chi connectivity index (χ0n) is 16.9. The molecule has 0 bridgehead atoms. The number of hydrogen-bond donors (Lipinski definition) is 0. The first-order valence-electron chi connectivity index (χ1n) is 10.6. The SMILES string of the molecule is CCN(CC)C(=O)Cn1c(C2CC(=O)N(C3CCCC3)C2)nc2ccccc21. The average Bonchev–Trinajstić information content (AvgIpc) is 3.42. The summed E-state index contributed by atoms with van der Waals surface area (Å²) >= 11 is 0. The highest BCUT2D eigenvalue weighted by Crippen LogP contribution is 2.35. The van der Waals surface area contributed by atoms with Crippen LogP contribution >= 0.6 is 0 Å². The number of carbonyl (C=O) groups excluding carboxylic acids is 2. The van der Waals surface area contributed by atoms with E-state index in [4.69, 9.17) is 4.98 Å². The molecule has 0 spiro atoms. The first kappa shape index (κ1) is 19.0. The Morgan fingerprint density at radius 1 is 1.18 bits per heavy atom. The quantitative estimate of drug-likeness (QED) is 0.771. The van der Waals surface area contributed by atoms with Crippen LogP contribution in [0.25, 0.3) is 11.0 Å². The normalized spacial score (nSPS) is 20.4. The van der Waals surface area contributed by atoms with Crippen LogP contribution in [-0.4, -0.2) is 56.8 Å². The van der Waals surface area contributed by atoms with Gasteiger partial charge in [-0.15, -0.1) is 0 Å². The predicted octanol–water partition coefficient (Wildman–Crippen LogP) is 3.16. The molecule has 2 heterocycles. The van der Waals surface area contributed by atoms with E-state index >= 15 is 0 Å². The molecule has 1 aromatic carbocycles. The number of imidazole rings is 1. The minimum Gasteiger partial charge on any atom is -0.342 e. The number of para-hydroxylation sites is 2. The van der Waals surface area contributed by atoms with Crippen molar-refractivity contribution in [2.24, 2.45) is 0 Å². The Hall–Kier alpha value is -2.37. The van der Waals surface area contributed by atoms with E-state index in [-0.39, 0.29) is 24.3 Å². The third kappa shape index (κ3) is 3.40. The van der Waals surface area contributed by atoms with Gasteiger partial charge in [-0.2, -0.15) is 0 Å². The number of amides is 2. The van der Waals surface area contributed by atoms with Gasteiger partial charge in [0.2, 0.25) is 11.8 Å². The molecule has 2 amide bonds. The summed E-state index contributed by atoms with van der Waals surface area (Å²) in [6.45, 7) is 6.42. The second-order valence-electron chi connectivity index (χ2n) is 8.00. The Morgan fingerprint density at radius 3 is 2.61 bits per heavy atom. The van der Waals surface area contributed by atoms with Crippen molar-refractivity contribution in [1.82, 2.24) is 19.4 Å². The van der Waals surface area contributed by atoms with Crippen LogP contribution in [0, 0.1) is 0 Å². The number of likely N-dealkylation sites (N-methyl/N-ethyl adjacent to an activating group) is 1. The number of fused-ring (bicyclic) bond motifs is 1. The van der Waals surface area contributed by atoms with Gasteiger partial charge >= 0.3 is 0 Å². The maximum absolute atomic E-state index is 12.8. The molecule has 6 heteroatoms. The predicted molar refractivity (Wildman–Crippen MR) is 109 cm³/mol. The van der Waals surface area contributed by atoms with Crippen molar-refractivity contribution in [1.29, 1.82) is 0 Å². The van der Waals surface area contributed by atoms with Crippen LogP contribution in [-0.2, 0) is 16.1 Å². The standard InChI is InChI=1S/C22H30N4O2/c1-3-24(4-2)21(28)15-26-19-12-8-7-11-18(19)23-22(26)16-13-20(27)25(14-16)17-9-5-6-10-17/h7-8,11-12,16-17H,3-6,9-10,13-15H2,1-2H3. The Labute approximate surface area is 166 Å². The average molecular weight is 383 g/mol. The Balaban J connectivity index is 1.65. The first-order valence-corrected chi connectivity index (χ1v) is 10.6. The van der Waals surface area contributed by atoms with E-state index in [0.717, 1.165) is 36.2 Å². The number of hydrogen-bond acceptors (Lipinski definition) is 3. The number of aromatic nitrogens is 2. The summed E-state index contributed by atoms with van der Waals surface area (Å²) in [5.41, 5.74) is 1.88. The highest BCUT2D eigenvalue weighted by Gasteiger charge is 2.38. The summed E-state index contributed by atoms with van der Waals surface area (Å²) in [6.07, 6.45) is 5.18. The summed E-state index contributed by atoms with van der Waals surface area (Å²) in [5.74, 6) is 1.29. The van der Waals surface area contributed by atoms with Gasteiger partial charge in [0, 0.05) is 38.0 Å². The maximum Gasteiger partial charge on any atom is 0.242 e. The largest absolute Gasteiger partial charge is 0.342 e. The van der Waals surface area contributed by atoms with Crippen molar-refractivity contribution < 1.29 is 9.59 Å². The lowest BCUT2D eigenvalue weighted by molar-refractivity contribution is -0.131. The van der Waals surface area contributed by atoms with Crippen LogP contribution in [0.2, 0.25) is 0 Å². The maximum atomic E-state index is 12.8. The second kappa shape index (κ2) is 7.94. The van der Waals surface area contributed by atoms with Gasteiger partial charge in [-0.05, 0) is 38.8 Å². The fraction of sp³-hybridized carbons (Fsp3) is 0.591. The van der Waals surface area contributed by atoms with Gasteiger partial charge in [-0.1, -0.05) is 25.0 Å². The zero-order valence-corrected chi connectivity index (χ0v) is 16.9. The monoisotopic (exact) mass is 382 g/mol. The molecule has 0 N–H and O–H groups in total. The molecular formula is C22H30N4O2. The lowest BCUT2D eigenvalue weighted by Crippen LogP contribution is -2.35. The van der Waals surface area contributed by atoms with Gasteiger partial charge in [0.25, 0.3) is 0 Å². The second-order valence-corrected chi connectivity index (χ2v) is 8.00. The van der Waals surface area contributed by atoms with Gasteiger partial charge in [-0.3, -0.25) is 9.59 Å². The summed E-state index contributed by atoms with van der Waals surface area (Å²) in [6, 6.07) is 8.36. The molecule has 1 aliphatic heterocycles. The molecule has 1 saturated carbocycles. The van der Waals surface area contributed by atoms with E-state index in [1.165, 1.54) is 12.8 Å². The molecule has 150 valence electrons. The van der Waals surface area contributed by atoms with Gasteiger partial charge in [0.1, 0.15) is 12.4 Å². The van der Waals surface area contributed by atoms with Gasteiger partial charge < -0.3 is 14.4 Å². The number of nitrogens with zero attached hydrogens (tertiary/aromatic N) is 4. The molecule has 2 aliphatic rings. The van der Waals surface area contributed by atoms with Crippen molar-refractivity contribution in [2.45, 2.75) is 64.5 Å². The minimum absolute atomic E-state index is 0.0602. The van der Waals surface area contributed by atoms with E-state index in [0.29, 0.717) is 25.6 Å². The zero-order chi connectivity index (χ0) is 19.7. The smallest absolute Gasteiger partial charge is 0.242 e. The summed E-state index contributed by atoms with van der Waals surface area (Å²) in [4.78, 5) is 34.3. The van der Waals surface area contributed by atoms with E-state index < -0.39 is 0 Å². The van der Waals surface area contributed by atoms with Crippen molar-refractivity contribution in [3.8, 4) is 0 Å². The molecule has 6 nitrogen and oxygen atoms in total. The van der Waals surface area contributed by atoms with Crippen molar-refractivity contribution >= 4 is 22.8 Å². The third-order valence-corrected chi connectivity index (χ3v) is 6.38. The van der Waals surface area contributed by atoms with Gasteiger partial charge in [0.05, 0.1) is 11.0 Å². The number of benzene rings is 1. The highest BCUT2D eigenvalue weighted by molar-refractivity contribution is 5.83. The first-order chi connectivity index (χ1) is 13.6. The van der Waals surface area contributed by atoms with Crippen molar-refractivity contribution in [3.05, 3.63) is 30.1 Å². The van der Waals surface area contributed by atoms with Crippen molar-refractivity contribution in [2.75, 3.05) is 19.6 Å². The molecule has 2 fully saturated rings. The van der Waals surface area contributed by atoms with Crippen LogP contribution in [0.3, 0.4) is 0 Å². The summed E-state index contributed by atoms with van der Waals surface area (Å²) in [7, 11) is 0. The number of rotatable bonds is 6. The molecule has 4 rings (SSSR count). The topological polar surface area (TPSA) is 58.4 Å². The Kier molecular flexibility index (Phi) is 5.38.